The van der Waals surface area contributed by atoms with E-state index in [1.807, 2.05) is 0 Å². The molecule has 3 aliphatic rings. The number of ether oxygens (including phenoxy) is 1. The first-order chi connectivity index (χ1) is 10.1. The fourth-order valence-corrected chi connectivity index (χ4v) is 4.92. The van der Waals surface area contributed by atoms with Gasteiger partial charge >= 0.3 is 5.97 Å². The highest BCUT2D eigenvalue weighted by Gasteiger charge is 2.56. The molecule has 0 radical (unpaired) electrons. The number of carbonyl (C=O) groups is 1. The number of hydrogen-bond donors (Lipinski definition) is 0. The van der Waals surface area contributed by atoms with Crippen molar-refractivity contribution in [1.82, 2.24) is 0 Å². The number of rotatable bonds is 4. The van der Waals surface area contributed by atoms with Crippen LogP contribution in [0.15, 0.2) is 12.2 Å². The van der Waals surface area contributed by atoms with Crippen LogP contribution < -0.4 is 0 Å². The van der Waals surface area contributed by atoms with Gasteiger partial charge in [0.2, 0.25) is 0 Å². The van der Waals surface area contributed by atoms with Gasteiger partial charge < -0.3 is 4.74 Å². The molecule has 3 rings (SSSR count). The van der Waals surface area contributed by atoms with E-state index >= 15 is 0 Å². The normalized spacial score (nSPS) is 34.4. The lowest BCUT2D eigenvalue weighted by molar-refractivity contribution is -0.176. The first-order valence-electron chi connectivity index (χ1n) is 9.02. The Morgan fingerprint density at radius 2 is 1.67 bits per heavy atom. The topological polar surface area (TPSA) is 26.3 Å². The standard InChI is InChI=1S/C19H30O2/c1-14(2)18(20)21-19(16-11-12-16)13-7-6-10-17(19)15-8-4-3-5-9-15/h15-17H,1,3-13H2,2H3. The predicted molar refractivity (Wildman–Crippen MR) is 84.9 cm³/mol. The molecule has 0 N–H and O–H groups in total. The van der Waals surface area contributed by atoms with E-state index in [-0.39, 0.29) is 11.6 Å². The maximum absolute atomic E-state index is 12.3. The van der Waals surface area contributed by atoms with Crippen LogP contribution in [0.3, 0.4) is 0 Å². The quantitative estimate of drug-likeness (QED) is 0.536. The predicted octanol–water partition coefficient (Wildman–Crippen LogP) is 5.03. The number of hydrogen-bond acceptors (Lipinski definition) is 2. The van der Waals surface area contributed by atoms with Crippen molar-refractivity contribution in [3.63, 3.8) is 0 Å². The minimum Gasteiger partial charge on any atom is -0.455 e. The van der Waals surface area contributed by atoms with Crippen molar-refractivity contribution in [1.29, 1.82) is 0 Å². The highest BCUT2D eigenvalue weighted by molar-refractivity contribution is 5.87. The summed E-state index contributed by atoms with van der Waals surface area (Å²) in [6, 6.07) is 0. The lowest BCUT2D eigenvalue weighted by Gasteiger charge is -2.48. The zero-order valence-electron chi connectivity index (χ0n) is 13.5. The van der Waals surface area contributed by atoms with Gasteiger partial charge in [-0.1, -0.05) is 45.1 Å². The zero-order valence-corrected chi connectivity index (χ0v) is 13.5. The summed E-state index contributed by atoms with van der Waals surface area (Å²) in [5, 5.41) is 0. The van der Waals surface area contributed by atoms with Gasteiger partial charge in [0, 0.05) is 11.5 Å². The van der Waals surface area contributed by atoms with Gasteiger partial charge in [0.25, 0.3) is 0 Å². The molecule has 2 atom stereocenters. The third kappa shape index (κ3) is 3.05. The third-order valence-corrected chi connectivity index (χ3v) is 6.08. The molecule has 21 heavy (non-hydrogen) atoms. The molecule has 0 aromatic carbocycles. The molecule has 2 unspecified atom stereocenters. The molecular formula is C19H30O2. The van der Waals surface area contributed by atoms with Crippen LogP contribution in [-0.2, 0) is 9.53 Å². The second-order valence-electron chi connectivity index (χ2n) is 7.65. The van der Waals surface area contributed by atoms with E-state index in [9.17, 15) is 4.79 Å². The number of carbonyl (C=O) groups excluding carboxylic acids is 1. The average Bonchev–Trinajstić information content (AvgIpc) is 3.33. The van der Waals surface area contributed by atoms with Crippen LogP contribution in [0.4, 0.5) is 0 Å². The van der Waals surface area contributed by atoms with E-state index in [1.54, 1.807) is 6.92 Å². The number of esters is 1. The Labute approximate surface area is 129 Å². The molecule has 3 saturated carbocycles. The van der Waals surface area contributed by atoms with Crippen LogP contribution >= 0.6 is 0 Å². The Hall–Kier alpha value is -0.790. The van der Waals surface area contributed by atoms with Gasteiger partial charge in [0.1, 0.15) is 5.60 Å². The Bertz CT molecular complexity index is 404. The summed E-state index contributed by atoms with van der Waals surface area (Å²) < 4.78 is 6.19. The maximum atomic E-state index is 12.3. The van der Waals surface area contributed by atoms with Gasteiger partial charge in [-0.25, -0.2) is 4.79 Å². The SMILES string of the molecule is C=C(C)C(=O)OC1(C2CC2)CCCCC1C1CCCCC1. The van der Waals surface area contributed by atoms with Crippen LogP contribution in [-0.4, -0.2) is 11.6 Å². The highest BCUT2D eigenvalue weighted by Crippen LogP contribution is 2.56. The summed E-state index contributed by atoms with van der Waals surface area (Å²) in [4.78, 5) is 12.3. The van der Waals surface area contributed by atoms with Crippen molar-refractivity contribution < 1.29 is 9.53 Å². The summed E-state index contributed by atoms with van der Waals surface area (Å²) in [6.07, 6.45) is 14.3. The Morgan fingerprint density at radius 3 is 2.29 bits per heavy atom. The van der Waals surface area contributed by atoms with Gasteiger partial charge in [0.15, 0.2) is 0 Å². The van der Waals surface area contributed by atoms with Gasteiger partial charge in [-0.2, -0.15) is 0 Å². The first-order valence-corrected chi connectivity index (χ1v) is 9.02. The van der Waals surface area contributed by atoms with E-state index in [4.69, 9.17) is 4.74 Å². The van der Waals surface area contributed by atoms with Crippen molar-refractivity contribution in [3.8, 4) is 0 Å². The van der Waals surface area contributed by atoms with Gasteiger partial charge in [0.05, 0.1) is 0 Å². The summed E-state index contributed by atoms with van der Waals surface area (Å²) >= 11 is 0. The molecule has 0 spiro atoms. The zero-order chi connectivity index (χ0) is 14.9. The Kier molecular flexibility index (Phi) is 4.42. The molecule has 118 valence electrons. The molecule has 0 aliphatic heterocycles. The van der Waals surface area contributed by atoms with Crippen molar-refractivity contribution in [2.24, 2.45) is 17.8 Å². The Balaban J connectivity index is 1.83. The van der Waals surface area contributed by atoms with Crippen molar-refractivity contribution in [2.75, 3.05) is 0 Å². The molecule has 2 nitrogen and oxygen atoms in total. The second-order valence-corrected chi connectivity index (χ2v) is 7.65. The average molecular weight is 290 g/mol. The van der Waals surface area contributed by atoms with Crippen molar-refractivity contribution >= 4 is 5.97 Å². The van der Waals surface area contributed by atoms with E-state index in [0.29, 0.717) is 17.4 Å². The third-order valence-electron chi connectivity index (χ3n) is 6.08. The molecule has 0 bridgehead atoms. The van der Waals surface area contributed by atoms with Gasteiger partial charge in [-0.3, -0.25) is 0 Å². The van der Waals surface area contributed by atoms with Crippen molar-refractivity contribution in [3.05, 3.63) is 12.2 Å². The van der Waals surface area contributed by atoms with Crippen molar-refractivity contribution in [2.45, 2.75) is 83.2 Å². The van der Waals surface area contributed by atoms with Crippen LogP contribution in [0.25, 0.3) is 0 Å². The lowest BCUT2D eigenvalue weighted by atomic mass is 9.63. The van der Waals surface area contributed by atoms with E-state index in [0.717, 1.165) is 12.3 Å². The molecule has 0 amide bonds. The maximum Gasteiger partial charge on any atom is 0.333 e. The van der Waals surface area contributed by atoms with Crippen LogP contribution in [0.1, 0.15) is 77.6 Å². The largest absolute Gasteiger partial charge is 0.455 e. The van der Waals surface area contributed by atoms with E-state index < -0.39 is 0 Å². The molecule has 0 aromatic rings. The minimum absolute atomic E-state index is 0.143. The fraction of sp³-hybridized carbons (Fsp3) is 0.842. The molecular weight excluding hydrogens is 260 g/mol. The molecule has 3 fully saturated rings. The Morgan fingerprint density at radius 1 is 1.00 bits per heavy atom. The lowest BCUT2D eigenvalue weighted by Crippen LogP contribution is -2.50. The van der Waals surface area contributed by atoms with Crippen LogP contribution in [0.2, 0.25) is 0 Å². The smallest absolute Gasteiger partial charge is 0.333 e. The summed E-state index contributed by atoms with van der Waals surface area (Å²) in [5.41, 5.74) is 0.416. The minimum atomic E-state index is -0.149. The molecule has 0 saturated heterocycles. The first kappa shape index (κ1) is 15.1. The fourth-order valence-electron chi connectivity index (χ4n) is 4.92. The molecule has 2 heteroatoms. The van der Waals surface area contributed by atoms with E-state index in [2.05, 4.69) is 6.58 Å². The van der Waals surface area contributed by atoms with Gasteiger partial charge in [-0.15, -0.1) is 0 Å². The monoisotopic (exact) mass is 290 g/mol. The highest BCUT2D eigenvalue weighted by atomic mass is 16.6. The molecule has 0 aromatic heterocycles. The van der Waals surface area contributed by atoms with Crippen LogP contribution in [0, 0.1) is 17.8 Å². The second kappa shape index (κ2) is 6.14. The summed E-state index contributed by atoms with van der Waals surface area (Å²) in [6.45, 7) is 5.57. The summed E-state index contributed by atoms with van der Waals surface area (Å²) in [7, 11) is 0. The summed E-state index contributed by atoms with van der Waals surface area (Å²) in [5.74, 6) is 1.89. The van der Waals surface area contributed by atoms with Gasteiger partial charge in [-0.05, 0) is 50.9 Å². The molecule has 3 aliphatic carbocycles. The van der Waals surface area contributed by atoms with Crippen LogP contribution in [0.5, 0.6) is 0 Å². The van der Waals surface area contributed by atoms with E-state index in [1.165, 1.54) is 64.2 Å². The molecule has 0 heterocycles.